The van der Waals surface area contributed by atoms with Gasteiger partial charge in [0.1, 0.15) is 18.2 Å². The van der Waals surface area contributed by atoms with Gasteiger partial charge in [0.05, 0.1) is 23.4 Å². The van der Waals surface area contributed by atoms with Crippen molar-refractivity contribution >= 4 is 11.4 Å². The Labute approximate surface area is 192 Å². The van der Waals surface area contributed by atoms with E-state index in [2.05, 4.69) is 41.1 Å². The minimum Gasteiger partial charge on any atom is -0.489 e. The summed E-state index contributed by atoms with van der Waals surface area (Å²) < 4.78 is 7.90. The van der Waals surface area contributed by atoms with E-state index in [1.54, 1.807) is 13.1 Å². The highest BCUT2D eigenvalue weighted by Crippen LogP contribution is 2.35. The number of rotatable bonds is 5. The Morgan fingerprint density at radius 2 is 1.97 bits per heavy atom. The van der Waals surface area contributed by atoms with E-state index >= 15 is 0 Å². The molecule has 5 rings (SSSR count). The van der Waals surface area contributed by atoms with Gasteiger partial charge in [-0.25, -0.2) is 4.98 Å². The van der Waals surface area contributed by atoms with E-state index in [4.69, 9.17) is 9.72 Å². The normalized spacial score (nSPS) is 15.3. The molecule has 0 bridgehead atoms. The number of para-hydroxylation sites is 1. The Morgan fingerprint density at radius 3 is 2.76 bits per heavy atom. The Kier molecular flexibility index (Phi) is 5.77. The predicted octanol–water partition coefficient (Wildman–Crippen LogP) is 4.66. The van der Waals surface area contributed by atoms with Crippen molar-refractivity contribution in [1.82, 2.24) is 19.3 Å². The van der Waals surface area contributed by atoms with E-state index in [0.717, 1.165) is 46.8 Å². The molecule has 0 aliphatic carbocycles. The molecule has 1 aliphatic rings. The van der Waals surface area contributed by atoms with Crippen LogP contribution >= 0.6 is 0 Å². The van der Waals surface area contributed by atoms with Crippen LogP contribution in [0.5, 0.6) is 5.75 Å². The first-order valence-electron chi connectivity index (χ1n) is 11.1. The third kappa shape index (κ3) is 4.18. The van der Waals surface area contributed by atoms with Gasteiger partial charge in [-0.15, -0.1) is 0 Å². The molecule has 0 saturated carbocycles. The smallest absolute Gasteiger partial charge is 0.299 e. The maximum absolute atomic E-state index is 12.5. The number of carbonyl (C=O) groups is 1. The number of benzene rings is 2. The van der Waals surface area contributed by atoms with Gasteiger partial charge >= 0.3 is 0 Å². The van der Waals surface area contributed by atoms with Crippen molar-refractivity contribution in [2.75, 3.05) is 6.54 Å². The Balaban J connectivity index is 1.44. The number of carbonyl (C=O) groups excluding carboxylic acids is 1. The molecule has 0 spiro atoms. The van der Waals surface area contributed by atoms with Gasteiger partial charge in [0.15, 0.2) is 0 Å². The van der Waals surface area contributed by atoms with Crippen LogP contribution in [0.4, 0.5) is 0 Å². The second-order valence-electron chi connectivity index (χ2n) is 7.98. The quantitative estimate of drug-likeness (QED) is 0.427. The molecule has 0 N–H and O–H groups in total. The molecule has 164 valence electrons. The molecular weight excluding hydrogens is 412 g/mol. The molecule has 1 amide bonds. The number of amides is 1. The predicted molar refractivity (Wildman–Crippen MR) is 126 cm³/mol. The number of hydrogen-bond donors (Lipinski definition) is 0. The van der Waals surface area contributed by atoms with Gasteiger partial charge in [-0.05, 0) is 43.4 Å². The van der Waals surface area contributed by atoms with Crippen LogP contribution in [-0.4, -0.2) is 31.7 Å². The van der Waals surface area contributed by atoms with Crippen LogP contribution in [0.1, 0.15) is 37.2 Å². The van der Waals surface area contributed by atoms with Gasteiger partial charge in [0.2, 0.25) is 0 Å². The molecule has 1 aliphatic heterocycles. The lowest BCUT2D eigenvalue weighted by Gasteiger charge is -2.21. The number of imidazole rings is 1. The number of likely N-dealkylation sites (tertiary alicyclic amines) is 1. The van der Waals surface area contributed by atoms with Gasteiger partial charge in [-0.3, -0.25) is 14.2 Å². The van der Waals surface area contributed by atoms with E-state index in [9.17, 15) is 4.79 Å². The van der Waals surface area contributed by atoms with Gasteiger partial charge in [-0.2, -0.15) is 0 Å². The highest BCUT2D eigenvalue weighted by molar-refractivity contribution is 5.94. The monoisotopic (exact) mass is 436 g/mol. The summed E-state index contributed by atoms with van der Waals surface area (Å²) >= 11 is 0. The SMILES string of the molecule is CC#CC(=O)N1CCC[C@H]1c1nc(-c2ccc(COc3ccccc3)cc2)c2cnccn12. The Morgan fingerprint density at radius 1 is 1.15 bits per heavy atom. The maximum Gasteiger partial charge on any atom is 0.299 e. The van der Waals surface area contributed by atoms with Gasteiger partial charge < -0.3 is 9.64 Å². The summed E-state index contributed by atoms with van der Waals surface area (Å²) in [5, 5.41) is 0. The third-order valence-corrected chi connectivity index (χ3v) is 5.89. The standard InChI is InChI=1S/C27H24N4O2/c1-2-7-25(32)30-16-6-10-23(30)27-29-26(24-18-28-15-17-31(24)27)21-13-11-20(12-14-21)19-33-22-8-4-3-5-9-22/h3-5,8-9,11-15,17-18,23H,6,10,16,19H2,1H3/t23-/m0/s1. The first kappa shape index (κ1) is 20.8. The molecular formula is C27H24N4O2. The first-order valence-corrected chi connectivity index (χ1v) is 11.1. The molecule has 4 aromatic rings. The minimum atomic E-state index is -0.143. The zero-order valence-electron chi connectivity index (χ0n) is 18.4. The summed E-state index contributed by atoms with van der Waals surface area (Å²) in [5.41, 5.74) is 3.85. The number of nitrogens with zero attached hydrogens (tertiary/aromatic N) is 4. The number of fused-ring (bicyclic) bond motifs is 1. The second-order valence-corrected chi connectivity index (χ2v) is 7.98. The highest BCUT2D eigenvalue weighted by Gasteiger charge is 2.33. The van der Waals surface area contributed by atoms with Gasteiger partial charge in [0, 0.05) is 24.5 Å². The zero-order valence-corrected chi connectivity index (χ0v) is 18.4. The van der Waals surface area contributed by atoms with Crippen LogP contribution in [0.25, 0.3) is 16.8 Å². The summed E-state index contributed by atoms with van der Waals surface area (Å²) in [5.74, 6) is 6.96. The molecule has 33 heavy (non-hydrogen) atoms. The van der Waals surface area contributed by atoms with Crippen LogP contribution in [0.3, 0.4) is 0 Å². The summed E-state index contributed by atoms with van der Waals surface area (Å²) in [6, 6.07) is 17.9. The molecule has 2 aromatic carbocycles. The Hall–Kier alpha value is -4.11. The molecule has 0 radical (unpaired) electrons. The summed E-state index contributed by atoms with van der Waals surface area (Å²) in [7, 11) is 0. The summed E-state index contributed by atoms with van der Waals surface area (Å²) in [4.78, 5) is 23.7. The Bertz CT molecular complexity index is 1330. The van der Waals surface area contributed by atoms with E-state index < -0.39 is 0 Å². The maximum atomic E-state index is 12.5. The van der Waals surface area contributed by atoms with Crippen LogP contribution < -0.4 is 4.74 Å². The van der Waals surface area contributed by atoms with Crippen molar-refractivity contribution in [1.29, 1.82) is 0 Å². The lowest BCUT2D eigenvalue weighted by molar-refractivity contribution is -0.126. The fourth-order valence-corrected chi connectivity index (χ4v) is 4.31. The lowest BCUT2D eigenvalue weighted by Crippen LogP contribution is -2.30. The highest BCUT2D eigenvalue weighted by atomic mass is 16.5. The molecule has 6 nitrogen and oxygen atoms in total. The average Bonchev–Trinajstić information content (AvgIpc) is 3.49. The van der Waals surface area contributed by atoms with Gasteiger partial charge in [-0.1, -0.05) is 48.4 Å². The number of ether oxygens (including phenoxy) is 1. The lowest BCUT2D eigenvalue weighted by atomic mass is 10.1. The number of aromatic nitrogens is 3. The topological polar surface area (TPSA) is 59.7 Å². The number of hydrogen-bond acceptors (Lipinski definition) is 4. The molecule has 6 heteroatoms. The van der Waals surface area contributed by atoms with Crippen molar-refractivity contribution in [2.24, 2.45) is 0 Å². The minimum absolute atomic E-state index is 0.0967. The fraction of sp³-hybridized carbons (Fsp3) is 0.222. The van der Waals surface area contributed by atoms with Crippen LogP contribution in [0, 0.1) is 11.8 Å². The van der Waals surface area contributed by atoms with E-state index in [1.165, 1.54) is 0 Å². The largest absolute Gasteiger partial charge is 0.489 e. The fourth-order valence-electron chi connectivity index (χ4n) is 4.31. The molecule has 1 atom stereocenters. The second kappa shape index (κ2) is 9.17. The molecule has 1 fully saturated rings. The van der Waals surface area contributed by atoms with E-state index in [1.807, 2.05) is 52.0 Å². The molecule has 1 saturated heterocycles. The van der Waals surface area contributed by atoms with Crippen LogP contribution in [0.15, 0.2) is 73.2 Å². The van der Waals surface area contributed by atoms with Gasteiger partial charge in [0.25, 0.3) is 5.91 Å². The van der Waals surface area contributed by atoms with Crippen molar-refractivity contribution < 1.29 is 9.53 Å². The molecule has 0 unspecified atom stereocenters. The first-order chi connectivity index (χ1) is 16.2. The molecule has 3 heterocycles. The summed E-state index contributed by atoms with van der Waals surface area (Å²) in [6.45, 7) is 2.88. The van der Waals surface area contributed by atoms with Crippen LogP contribution in [-0.2, 0) is 11.4 Å². The third-order valence-electron chi connectivity index (χ3n) is 5.89. The van der Waals surface area contributed by atoms with Crippen molar-refractivity contribution in [3.05, 3.63) is 84.6 Å². The zero-order chi connectivity index (χ0) is 22.6. The van der Waals surface area contributed by atoms with Crippen molar-refractivity contribution in [3.8, 4) is 28.8 Å². The van der Waals surface area contributed by atoms with E-state index in [-0.39, 0.29) is 11.9 Å². The van der Waals surface area contributed by atoms with E-state index in [0.29, 0.717) is 13.2 Å². The summed E-state index contributed by atoms with van der Waals surface area (Å²) in [6.07, 6.45) is 7.29. The molecule has 2 aromatic heterocycles. The average molecular weight is 437 g/mol. The van der Waals surface area contributed by atoms with Crippen molar-refractivity contribution in [3.63, 3.8) is 0 Å². The van der Waals surface area contributed by atoms with Crippen molar-refractivity contribution in [2.45, 2.75) is 32.4 Å². The van der Waals surface area contributed by atoms with Crippen LogP contribution in [0.2, 0.25) is 0 Å².